The molecule has 98 valence electrons. The number of ether oxygens (including phenoxy) is 1. The van der Waals surface area contributed by atoms with Crippen LogP contribution in [0.5, 0.6) is 0 Å². The van der Waals surface area contributed by atoms with E-state index in [1.807, 2.05) is 0 Å². The second-order valence-corrected chi connectivity index (χ2v) is 4.34. The molecule has 0 radical (unpaired) electrons. The van der Waals surface area contributed by atoms with Crippen molar-refractivity contribution in [3.8, 4) is 0 Å². The van der Waals surface area contributed by atoms with Crippen LogP contribution in [0.25, 0.3) is 0 Å². The lowest BCUT2D eigenvalue weighted by Crippen LogP contribution is -2.55. The number of amides is 1. The van der Waals surface area contributed by atoms with Gasteiger partial charge in [0.1, 0.15) is 17.9 Å². The monoisotopic (exact) mass is 252 g/mol. The molecule has 1 fully saturated rings. The maximum atomic E-state index is 12.0. The first kappa shape index (κ1) is 12.9. The molecule has 2 heterocycles. The Hall–Kier alpha value is -1.50. The van der Waals surface area contributed by atoms with E-state index in [0.717, 1.165) is 5.56 Å². The quantitative estimate of drug-likeness (QED) is 0.643. The predicted molar refractivity (Wildman–Crippen MR) is 63.1 cm³/mol. The molecule has 0 unspecified atom stereocenters. The lowest BCUT2D eigenvalue weighted by atomic mass is 10.0. The van der Waals surface area contributed by atoms with Gasteiger partial charge in [-0.15, -0.1) is 0 Å². The summed E-state index contributed by atoms with van der Waals surface area (Å²) in [6, 6.07) is 2.90. The fourth-order valence-electron chi connectivity index (χ4n) is 1.87. The summed E-state index contributed by atoms with van der Waals surface area (Å²) < 4.78 is 5.09. The highest BCUT2D eigenvalue weighted by Gasteiger charge is 2.32. The molecule has 18 heavy (non-hydrogen) atoms. The van der Waals surface area contributed by atoms with Crippen LogP contribution in [-0.4, -0.2) is 52.6 Å². The number of aliphatic hydroxyl groups is 2. The number of hydrogen-bond acceptors (Lipinski definition) is 5. The van der Waals surface area contributed by atoms with Crippen LogP contribution < -0.4 is 5.32 Å². The van der Waals surface area contributed by atoms with Crippen LogP contribution in [0.2, 0.25) is 0 Å². The molecular formula is C12H16N2O4. The molecule has 1 aromatic rings. The van der Waals surface area contributed by atoms with Crippen LogP contribution in [0.4, 0.5) is 0 Å². The Morgan fingerprint density at radius 2 is 2.28 bits per heavy atom. The van der Waals surface area contributed by atoms with Gasteiger partial charge < -0.3 is 20.3 Å². The summed E-state index contributed by atoms with van der Waals surface area (Å²) in [5.74, 6) is -0.380. The maximum Gasteiger partial charge on any atom is 0.270 e. The normalized spacial score (nSPS) is 27.8. The van der Waals surface area contributed by atoms with E-state index in [4.69, 9.17) is 4.74 Å². The Labute approximate surface area is 105 Å². The lowest BCUT2D eigenvalue weighted by molar-refractivity contribution is -0.102. The fourth-order valence-corrected chi connectivity index (χ4v) is 1.87. The zero-order valence-corrected chi connectivity index (χ0v) is 10.0. The lowest BCUT2D eigenvalue weighted by Gasteiger charge is -2.32. The topological polar surface area (TPSA) is 91.7 Å². The van der Waals surface area contributed by atoms with Crippen LogP contribution in [0.3, 0.4) is 0 Å². The minimum absolute atomic E-state index is 0.0795. The number of aryl methyl sites for hydroxylation is 1. The van der Waals surface area contributed by atoms with Crippen molar-refractivity contribution < 1.29 is 19.7 Å². The molecule has 0 bridgehead atoms. The number of nitrogens with zero attached hydrogens (tertiary/aromatic N) is 1. The van der Waals surface area contributed by atoms with Gasteiger partial charge in [-0.2, -0.15) is 0 Å². The van der Waals surface area contributed by atoms with Gasteiger partial charge in [0.2, 0.25) is 0 Å². The summed E-state index contributed by atoms with van der Waals surface area (Å²) in [5, 5.41) is 21.8. The fraction of sp³-hybridized carbons (Fsp3) is 0.500. The number of carbonyl (C=O) groups excluding carboxylic acids is 1. The van der Waals surface area contributed by atoms with Crippen molar-refractivity contribution >= 4 is 5.91 Å². The molecule has 0 aliphatic carbocycles. The Kier molecular flexibility index (Phi) is 3.90. The van der Waals surface area contributed by atoms with Gasteiger partial charge in [-0.25, -0.2) is 0 Å². The number of aliphatic hydroxyl groups excluding tert-OH is 2. The van der Waals surface area contributed by atoms with Crippen molar-refractivity contribution in [2.75, 3.05) is 13.2 Å². The van der Waals surface area contributed by atoms with Gasteiger partial charge in [-0.05, 0) is 18.6 Å². The van der Waals surface area contributed by atoms with E-state index in [0.29, 0.717) is 5.69 Å². The number of pyridine rings is 1. The second kappa shape index (κ2) is 5.43. The first-order chi connectivity index (χ1) is 8.59. The highest BCUT2D eigenvalue weighted by Crippen LogP contribution is 2.10. The van der Waals surface area contributed by atoms with Crippen LogP contribution >= 0.6 is 0 Å². The van der Waals surface area contributed by atoms with Crippen molar-refractivity contribution in [3.63, 3.8) is 0 Å². The van der Waals surface area contributed by atoms with Gasteiger partial charge in [-0.1, -0.05) is 6.07 Å². The van der Waals surface area contributed by atoms with Crippen LogP contribution in [0.15, 0.2) is 18.3 Å². The van der Waals surface area contributed by atoms with Crippen LogP contribution in [-0.2, 0) is 4.74 Å². The van der Waals surface area contributed by atoms with Gasteiger partial charge in [0.05, 0.1) is 19.3 Å². The second-order valence-electron chi connectivity index (χ2n) is 4.34. The molecule has 1 saturated heterocycles. The molecule has 2 rings (SSSR count). The standard InChI is InChI=1S/C12H16N2O4/c1-7-3-2-4-13-10(7)12(17)14-8-5-18-6-9(15)11(8)16/h2-4,8-9,11,15-16H,5-6H2,1H3,(H,14,17)/t8-,9-,11+/m1/s1. The predicted octanol–water partition coefficient (Wildman–Crippen LogP) is -0.760. The van der Waals surface area contributed by atoms with Crippen molar-refractivity contribution in [1.29, 1.82) is 0 Å². The number of aromatic nitrogens is 1. The van der Waals surface area contributed by atoms with E-state index in [2.05, 4.69) is 10.3 Å². The van der Waals surface area contributed by atoms with Crippen molar-refractivity contribution in [1.82, 2.24) is 10.3 Å². The smallest absolute Gasteiger partial charge is 0.270 e. The molecule has 1 aliphatic rings. The zero-order valence-electron chi connectivity index (χ0n) is 10.0. The summed E-state index contributed by atoms with van der Waals surface area (Å²) in [4.78, 5) is 16.0. The third-order valence-corrected chi connectivity index (χ3v) is 2.93. The van der Waals surface area contributed by atoms with Crippen LogP contribution in [0.1, 0.15) is 16.1 Å². The molecule has 3 N–H and O–H groups in total. The Morgan fingerprint density at radius 1 is 1.50 bits per heavy atom. The molecule has 1 aromatic heterocycles. The first-order valence-corrected chi connectivity index (χ1v) is 5.76. The third-order valence-electron chi connectivity index (χ3n) is 2.93. The Balaban J connectivity index is 2.05. The third kappa shape index (κ3) is 2.66. The highest BCUT2D eigenvalue weighted by molar-refractivity contribution is 5.93. The average Bonchev–Trinajstić information content (AvgIpc) is 2.35. The molecule has 0 spiro atoms. The first-order valence-electron chi connectivity index (χ1n) is 5.76. The van der Waals surface area contributed by atoms with Gasteiger partial charge in [-0.3, -0.25) is 9.78 Å². The average molecular weight is 252 g/mol. The molecule has 0 aromatic carbocycles. The van der Waals surface area contributed by atoms with Crippen LogP contribution in [0, 0.1) is 6.92 Å². The van der Waals surface area contributed by atoms with Gasteiger partial charge >= 0.3 is 0 Å². The Bertz CT molecular complexity index is 438. The van der Waals surface area contributed by atoms with E-state index in [-0.39, 0.29) is 19.1 Å². The highest BCUT2D eigenvalue weighted by atomic mass is 16.5. The van der Waals surface area contributed by atoms with Gasteiger partial charge in [0, 0.05) is 6.20 Å². The summed E-state index contributed by atoms with van der Waals surface area (Å²) in [6.45, 7) is 2.04. The summed E-state index contributed by atoms with van der Waals surface area (Å²) >= 11 is 0. The Morgan fingerprint density at radius 3 is 3.00 bits per heavy atom. The van der Waals surface area contributed by atoms with Gasteiger partial charge in [0.15, 0.2) is 0 Å². The zero-order chi connectivity index (χ0) is 13.1. The van der Waals surface area contributed by atoms with Crippen molar-refractivity contribution in [2.24, 2.45) is 0 Å². The molecular weight excluding hydrogens is 236 g/mol. The van der Waals surface area contributed by atoms with E-state index in [1.165, 1.54) is 6.20 Å². The molecule has 1 amide bonds. The van der Waals surface area contributed by atoms with E-state index in [9.17, 15) is 15.0 Å². The SMILES string of the molecule is Cc1cccnc1C(=O)N[C@@H]1COC[C@@H](O)[C@H]1O. The molecule has 1 aliphatic heterocycles. The summed E-state index contributed by atoms with van der Waals surface area (Å²) in [5.41, 5.74) is 1.06. The summed E-state index contributed by atoms with van der Waals surface area (Å²) in [6.07, 6.45) is -0.467. The number of hydrogen-bond donors (Lipinski definition) is 3. The minimum Gasteiger partial charge on any atom is -0.388 e. The summed E-state index contributed by atoms with van der Waals surface area (Å²) in [7, 11) is 0. The molecule has 0 saturated carbocycles. The van der Waals surface area contributed by atoms with Gasteiger partial charge in [0.25, 0.3) is 5.91 Å². The van der Waals surface area contributed by atoms with E-state index in [1.54, 1.807) is 19.1 Å². The molecule has 6 heteroatoms. The number of carbonyl (C=O) groups is 1. The van der Waals surface area contributed by atoms with E-state index >= 15 is 0 Å². The minimum atomic E-state index is -1.02. The largest absolute Gasteiger partial charge is 0.388 e. The number of rotatable bonds is 2. The van der Waals surface area contributed by atoms with Crippen molar-refractivity contribution in [2.45, 2.75) is 25.2 Å². The number of nitrogens with one attached hydrogen (secondary N) is 1. The van der Waals surface area contributed by atoms with E-state index < -0.39 is 18.2 Å². The van der Waals surface area contributed by atoms with Crippen molar-refractivity contribution in [3.05, 3.63) is 29.6 Å². The molecule has 3 atom stereocenters. The maximum absolute atomic E-state index is 12.0. The molecule has 6 nitrogen and oxygen atoms in total.